The number of hydrogen-bond acceptors (Lipinski definition) is 4. The number of oxazole rings is 1. The van der Waals surface area contributed by atoms with Crippen molar-refractivity contribution in [1.82, 2.24) is 15.6 Å². The quantitative estimate of drug-likeness (QED) is 0.729. The molecule has 0 unspecified atom stereocenters. The minimum atomic E-state index is -0.562. The highest BCUT2D eigenvalue weighted by Gasteiger charge is 2.25. The lowest BCUT2D eigenvalue weighted by Gasteiger charge is -2.23. The standard InChI is InChI=1S/C21H18FN3O3/c22-16-9-4-3-8-15(16)18-12-24-21(28-18)14-7-2-1-6-13(14)19(26)25-17-10-5-11-23-20(17)27/h1-4,6-9,12,17H,5,10-11H2,(H,23,27)(H,25,26)/t17-/m0/s1. The summed E-state index contributed by atoms with van der Waals surface area (Å²) in [6.45, 7) is 0.622. The van der Waals surface area contributed by atoms with Gasteiger partial charge in [0.2, 0.25) is 11.8 Å². The van der Waals surface area contributed by atoms with Gasteiger partial charge in [-0.2, -0.15) is 0 Å². The van der Waals surface area contributed by atoms with Gasteiger partial charge in [0.05, 0.1) is 17.3 Å². The van der Waals surface area contributed by atoms with Gasteiger partial charge in [0.15, 0.2) is 5.76 Å². The van der Waals surface area contributed by atoms with E-state index in [0.29, 0.717) is 29.7 Å². The van der Waals surface area contributed by atoms with Gasteiger partial charge >= 0.3 is 0 Å². The molecule has 2 heterocycles. The van der Waals surface area contributed by atoms with E-state index in [2.05, 4.69) is 15.6 Å². The molecule has 2 N–H and O–H groups in total. The summed E-state index contributed by atoms with van der Waals surface area (Å²) in [6, 6.07) is 12.5. The number of carbonyl (C=O) groups is 2. The maximum absolute atomic E-state index is 14.0. The van der Waals surface area contributed by atoms with Crippen LogP contribution >= 0.6 is 0 Å². The molecule has 1 aliphatic heterocycles. The zero-order valence-corrected chi connectivity index (χ0v) is 14.9. The van der Waals surface area contributed by atoms with Crippen molar-refractivity contribution in [3.8, 4) is 22.8 Å². The van der Waals surface area contributed by atoms with Gasteiger partial charge in [-0.15, -0.1) is 0 Å². The van der Waals surface area contributed by atoms with Gasteiger partial charge in [-0.05, 0) is 37.1 Å². The third-order valence-electron chi connectivity index (χ3n) is 4.64. The zero-order valence-electron chi connectivity index (χ0n) is 14.9. The van der Waals surface area contributed by atoms with Crippen LogP contribution in [0.15, 0.2) is 59.1 Å². The number of nitrogens with one attached hydrogen (secondary N) is 2. The summed E-state index contributed by atoms with van der Waals surface area (Å²) in [7, 11) is 0. The number of amides is 2. The van der Waals surface area contributed by atoms with Crippen LogP contribution in [-0.2, 0) is 4.79 Å². The summed E-state index contributed by atoms with van der Waals surface area (Å²) in [4.78, 5) is 28.9. The fraction of sp³-hybridized carbons (Fsp3) is 0.190. The van der Waals surface area contributed by atoms with Crippen LogP contribution in [0.2, 0.25) is 0 Å². The van der Waals surface area contributed by atoms with Crippen molar-refractivity contribution in [2.75, 3.05) is 6.54 Å². The first kappa shape index (κ1) is 17.9. The van der Waals surface area contributed by atoms with E-state index in [0.717, 1.165) is 6.42 Å². The third-order valence-corrected chi connectivity index (χ3v) is 4.64. The monoisotopic (exact) mass is 379 g/mol. The second-order valence-corrected chi connectivity index (χ2v) is 6.51. The largest absolute Gasteiger partial charge is 0.436 e. The maximum atomic E-state index is 14.0. The van der Waals surface area contributed by atoms with Crippen molar-refractivity contribution in [3.05, 3.63) is 66.1 Å². The van der Waals surface area contributed by atoms with Crippen LogP contribution in [-0.4, -0.2) is 29.4 Å². The highest BCUT2D eigenvalue weighted by molar-refractivity contribution is 6.02. The number of carbonyl (C=O) groups excluding carboxylic acids is 2. The predicted molar refractivity (Wildman–Crippen MR) is 101 cm³/mol. The number of benzene rings is 2. The van der Waals surface area contributed by atoms with E-state index < -0.39 is 11.9 Å². The fourth-order valence-electron chi connectivity index (χ4n) is 3.20. The molecule has 1 aliphatic rings. The Morgan fingerprint density at radius 3 is 2.68 bits per heavy atom. The van der Waals surface area contributed by atoms with Gasteiger partial charge in [-0.1, -0.05) is 24.3 Å². The Bertz CT molecular complexity index is 1030. The molecule has 1 fully saturated rings. The van der Waals surface area contributed by atoms with E-state index in [1.165, 1.54) is 12.3 Å². The Balaban J connectivity index is 1.62. The van der Waals surface area contributed by atoms with Crippen molar-refractivity contribution in [2.45, 2.75) is 18.9 Å². The van der Waals surface area contributed by atoms with E-state index in [-0.39, 0.29) is 23.5 Å². The molecule has 4 rings (SSSR count). The highest BCUT2D eigenvalue weighted by Crippen LogP contribution is 2.29. The normalized spacial score (nSPS) is 16.5. The number of hydrogen-bond donors (Lipinski definition) is 2. The smallest absolute Gasteiger partial charge is 0.252 e. The first-order valence-corrected chi connectivity index (χ1v) is 9.02. The summed E-state index contributed by atoms with van der Waals surface area (Å²) in [5, 5.41) is 5.50. The van der Waals surface area contributed by atoms with Crippen molar-refractivity contribution in [2.24, 2.45) is 0 Å². The van der Waals surface area contributed by atoms with Crippen LogP contribution in [0, 0.1) is 5.82 Å². The fourth-order valence-corrected chi connectivity index (χ4v) is 3.20. The lowest BCUT2D eigenvalue weighted by atomic mass is 10.0. The van der Waals surface area contributed by atoms with Gasteiger partial charge < -0.3 is 15.1 Å². The Labute approximate surface area is 160 Å². The number of aromatic nitrogens is 1. The number of rotatable bonds is 4. The molecular weight excluding hydrogens is 361 g/mol. The van der Waals surface area contributed by atoms with E-state index >= 15 is 0 Å². The molecule has 0 saturated carbocycles. The maximum Gasteiger partial charge on any atom is 0.252 e. The minimum Gasteiger partial charge on any atom is -0.436 e. The van der Waals surface area contributed by atoms with Crippen LogP contribution in [0.4, 0.5) is 4.39 Å². The Morgan fingerprint density at radius 2 is 1.89 bits per heavy atom. The zero-order chi connectivity index (χ0) is 19.5. The molecule has 2 amide bonds. The van der Waals surface area contributed by atoms with Crippen LogP contribution in [0.3, 0.4) is 0 Å². The van der Waals surface area contributed by atoms with Crippen molar-refractivity contribution in [3.63, 3.8) is 0 Å². The number of halogens is 1. The van der Waals surface area contributed by atoms with Crippen LogP contribution in [0.1, 0.15) is 23.2 Å². The average Bonchev–Trinajstić information content (AvgIpc) is 3.20. The van der Waals surface area contributed by atoms with E-state index in [9.17, 15) is 14.0 Å². The van der Waals surface area contributed by atoms with Crippen LogP contribution in [0.25, 0.3) is 22.8 Å². The molecule has 142 valence electrons. The SMILES string of the molecule is O=C(N[C@H]1CCCNC1=O)c1ccccc1-c1ncc(-c2ccccc2F)o1. The first-order valence-electron chi connectivity index (χ1n) is 9.02. The van der Waals surface area contributed by atoms with Crippen LogP contribution < -0.4 is 10.6 Å². The summed E-state index contributed by atoms with van der Waals surface area (Å²) >= 11 is 0. The van der Waals surface area contributed by atoms with Crippen molar-refractivity contribution >= 4 is 11.8 Å². The van der Waals surface area contributed by atoms with Gasteiger partial charge in [0, 0.05) is 12.1 Å². The Morgan fingerprint density at radius 1 is 1.14 bits per heavy atom. The molecule has 7 heteroatoms. The first-order chi connectivity index (χ1) is 13.6. The number of nitrogens with zero attached hydrogens (tertiary/aromatic N) is 1. The van der Waals surface area contributed by atoms with Crippen molar-refractivity contribution < 1.29 is 18.4 Å². The second-order valence-electron chi connectivity index (χ2n) is 6.51. The predicted octanol–water partition coefficient (Wildman–Crippen LogP) is 3.16. The molecule has 1 saturated heterocycles. The highest BCUT2D eigenvalue weighted by atomic mass is 19.1. The molecule has 0 bridgehead atoms. The molecule has 6 nitrogen and oxygen atoms in total. The van der Waals surface area contributed by atoms with E-state index in [1.807, 2.05) is 0 Å². The molecule has 28 heavy (non-hydrogen) atoms. The minimum absolute atomic E-state index is 0.185. The summed E-state index contributed by atoms with van der Waals surface area (Å²) in [5.74, 6) is -0.509. The van der Waals surface area contributed by atoms with Gasteiger partial charge in [-0.25, -0.2) is 9.37 Å². The Kier molecular flexibility index (Phi) is 4.89. The lowest BCUT2D eigenvalue weighted by Crippen LogP contribution is -2.50. The van der Waals surface area contributed by atoms with Gasteiger partial charge in [-0.3, -0.25) is 9.59 Å². The molecule has 0 aliphatic carbocycles. The topological polar surface area (TPSA) is 84.2 Å². The Hall–Kier alpha value is -3.48. The van der Waals surface area contributed by atoms with Gasteiger partial charge in [0.1, 0.15) is 11.9 Å². The average molecular weight is 379 g/mol. The molecule has 3 aromatic rings. The lowest BCUT2D eigenvalue weighted by molar-refractivity contribution is -0.124. The molecule has 1 aromatic heterocycles. The number of piperidine rings is 1. The molecule has 2 aromatic carbocycles. The van der Waals surface area contributed by atoms with E-state index in [1.54, 1.807) is 42.5 Å². The van der Waals surface area contributed by atoms with Crippen LogP contribution in [0.5, 0.6) is 0 Å². The van der Waals surface area contributed by atoms with Gasteiger partial charge in [0.25, 0.3) is 5.91 Å². The summed E-state index contributed by atoms with van der Waals surface area (Å²) in [5.41, 5.74) is 1.10. The molecule has 0 radical (unpaired) electrons. The summed E-state index contributed by atoms with van der Waals surface area (Å²) < 4.78 is 19.7. The second kappa shape index (κ2) is 7.64. The molecule has 1 atom stereocenters. The molecular formula is C21H18FN3O3. The van der Waals surface area contributed by atoms with Crippen molar-refractivity contribution in [1.29, 1.82) is 0 Å². The third kappa shape index (κ3) is 3.51. The van der Waals surface area contributed by atoms with E-state index in [4.69, 9.17) is 4.42 Å². The summed E-state index contributed by atoms with van der Waals surface area (Å²) in [6.07, 6.45) is 2.83. The molecule has 0 spiro atoms.